The Morgan fingerprint density at radius 1 is 1.43 bits per heavy atom. The number of amides is 1. The molecule has 0 bridgehead atoms. The molecule has 0 saturated heterocycles. The molecule has 112 valence electrons. The first-order valence-electron chi connectivity index (χ1n) is 6.65. The van der Waals surface area contributed by atoms with E-state index >= 15 is 0 Å². The molecule has 0 aromatic heterocycles. The standard InChI is InChI=1S/C14H16N2O5/c1-8-7-10(3-6-12(8)16(19)20)14(18)21-9(2)13(17)15-11-4-5-11/h3,6-7,9,11H,4-5H2,1-2H3,(H,15,17)/t9-/m1/s1. The monoisotopic (exact) mass is 292 g/mol. The van der Waals surface area contributed by atoms with Gasteiger partial charge in [0, 0.05) is 17.7 Å². The van der Waals surface area contributed by atoms with Crippen molar-refractivity contribution in [3.63, 3.8) is 0 Å². The highest BCUT2D eigenvalue weighted by Gasteiger charge is 2.27. The fraction of sp³-hybridized carbons (Fsp3) is 0.429. The highest BCUT2D eigenvalue weighted by molar-refractivity contribution is 5.92. The van der Waals surface area contributed by atoms with Gasteiger partial charge in [-0.05, 0) is 38.8 Å². The molecule has 1 amide bonds. The smallest absolute Gasteiger partial charge is 0.338 e. The molecule has 7 nitrogen and oxygen atoms in total. The predicted octanol–water partition coefficient (Wildman–Crippen LogP) is 1.73. The van der Waals surface area contributed by atoms with Gasteiger partial charge in [-0.15, -0.1) is 0 Å². The molecule has 1 aromatic carbocycles. The lowest BCUT2D eigenvalue weighted by atomic mass is 10.1. The van der Waals surface area contributed by atoms with E-state index in [2.05, 4.69) is 5.32 Å². The molecule has 1 aliphatic rings. The Morgan fingerprint density at radius 3 is 2.62 bits per heavy atom. The van der Waals surface area contributed by atoms with Gasteiger partial charge in [-0.25, -0.2) is 4.79 Å². The number of nitrogens with zero attached hydrogens (tertiary/aromatic N) is 1. The van der Waals surface area contributed by atoms with Gasteiger partial charge in [0.2, 0.25) is 0 Å². The molecule has 0 unspecified atom stereocenters. The number of benzene rings is 1. The molecule has 1 fully saturated rings. The summed E-state index contributed by atoms with van der Waals surface area (Å²) in [7, 11) is 0. The van der Waals surface area contributed by atoms with Crippen molar-refractivity contribution >= 4 is 17.6 Å². The highest BCUT2D eigenvalue weighted by Crippen LogP contribution is 2.20. The Balaban J connectivity index is 2.00. The number of hydrogen-bond donors (Lipinski definition) is 1. The number of rotatable bonds is 5. The van der Waals surface area contributed by atoms with Gasteiger partial charge < -0.3 is 10.1 Å². The fourth-order valence-corrected chi connectivity index (χ4v) is 1.82. The maximum absolute atomic E-state index is 11.9. The van der Waals surface area contributed by atoms with Crippen molar-refractivity contribution < 1.29 is 19.2 Å². The quantitative estimate of drug-likeness (QED) is 0.506. The highest BCUT2D eigenvalue weighted by atomic mass is 16.6. The first-order chi connectivity index (χ1) is 9.88. The number of nitro benzene ring substituents is 1. The Labute approximate surface area is 121 Å². The summed E-state index contributed by atoms with van der Waals surface area (Å²) in [5.41, 5.74) is 0.486. The number of nitrogens with one attached hydrogen (secondary N) is 1. The molecular weight excluding hydrogens is 276 g/mol. The molecule has 0 spiro atoms. The maximum Gasteiger partial charge on any atom is 0.338 e. The number of hydrogen-bond acceptors (Lipinski definition) is 5. The van der Waals surface area contributed by atoms with Crippen LogP contribution in [0.3, 0.4) is 0 Å². The minimum absolute atomic E-state index is 0.0638. The molecule has 1 saturated carbocycles. The van der Waals surface area contributed by atoms with E-state index in [1.165, 1.54) is 32.0 Å². The number of aryl methyl sites for hydroxylation is 1. The Kier molecular flexibility index (Phi) is 4.21. The van der Waals surface area contributed by atoms with E-state index in [4.69, 9.17) is 4.74 Å². The summed E-state index contributed by atoms with van der Waals surface area (Å²) >= 11 is 0. The molecular formula is C14H16N2O5. The zero-order valence-corrected chi connectivity index (χ0v) is 11.8. The van der Waals surface area contributed by atoms with Crippen molar-refractivity contribution in [3.8, 4) is 0 Å². The molecule has 0 radical (unpaired) electrons. The lowest BCUT2D eigenvalue weighted by molar-refractivity contribution is -0.385. The third kappa shape index (κ3) is 3.77. The van der Waals surface area contributed by atoms with Crippen molar-refractivity contribution in [3.05, 3.63) is 39.4 Å². The molecule has 1 atom stereocenters. The third-order valence-corrected chi connectivity index (χ3v) is 3.21. The van der Waals surface area contributed by atoms with Gasteiger partial charge >= 0.3 is 5.97 Å². The third-order valence-electron chi connectivity index (χ3n) is 3.21. The number of ether oxygens (including phenoxy) is 1. The maximum atomic E-state index is 11.9. The van der Waals surface area contributed by atoms with Gasteiger partial charge in [0.05, 0.1) is 10.5 Å². The van der Waals surface area contributed by atoms with Gasteiger partial charge in [-0.2, -0.15) is 0 Å². The Bertz CT molecular complexity index is 595. The zero-order chi connectivity index (χ0) is 15.6. The largest absolute Gasteiger partial charge is 0.449 e. The molecule has 7 heteroatoms. The number of esters is 1. The number of carbonyl (C=O) groups excluding carboxylic acids is 2. The van der Waals surface area contributed by atoms with Crippen LogP contribution in [0.2, 0.25) is 0 Å². The second-order valence-corrected chi connectivity index (χ2v) is 5.09. The summed E-state index contributed by atoms with van der Waals surface area (Å²) in [6.07, 6.45) is 1.01. The van der Waals surface area contributed by atoms with E-state index in [9.17, 15) is 19.7 Å². The molecule has 21 heavy (non-hydrogen) atoms. The average molecular weight is 292 g/mol. The van der Waals surface area contributed by atoms with Crippen molar-refractivity contribution in [1.82, 2.24) is 5.32 Å². The van der Waals surface area contributed by atoms with Crippen LogP contribution in [-0.2, 0) is 9.53 Å². The molecule has 0 heterocycles. The normalized spacial score (nSPS) is 15.1. The van der Waals surface area contributed by atoms with E-state index in [0.29, 0.717) is 5.56 Å². The second kappa shape index (κ2) is 5.90. The summed E-state index contributed by atoms with van der Waals surface area (Å²) in [4.78, 5) is 33.8. The predicted molar refractivity (Wildman–Crippen MR) is 73.9 cm³/mol. The van der Waals surface area contributed by atoms with E-state index in [-0.39, 0.29) is 23.2 Å². The summed E-state index contributed by atoms with van der Waals surface area (Å²) < 4.78 is 5.06. The molecule has 1 aromatic rings. The zero-order valence-electron chi connectivity index (χ0n) is 11.8. The summed E-state index contributed by atoms with van der Waals surface area (Å²) in [5.74, 6) is -1.00. The average Bonchev–Trinajstić information content (AvgIpc) is 3.21. The van der Waals surface area contributed by atoms with Crippen LogP contribution in [0.1, 0.15) is 35.7 Å². The van der Waals surface area contributed by atoms with Crippen LogP contribution < -0.4 is 5.32 Å². The van der Waals surface area contributed by atoms with Crippen LogP contribution in [0.4, 0.5) is 5.69 Å². The van der Waals surface area contributed by atoms with Gasteiger partial charge in [0.25, 0.3) is 11.6 Å². The van der Waals surface area contributed by atoms with Crippen molar-refractivity contribution in [2.24, 2.45) is 0 Å². The van der Waals surface area contributed by atoms with Gasteiger partial charge in [0.15, 0.2) is 6.10 Å². The summed E-state index contributed by atoms with van der Waals surface area (Å²) in [6.45, 7) is 3.03. The molecule has 0 aliphatic heterocycles. The van der Waals surface area contributed by atoms with E-state index < -0.39 is 17.0 Å². The van der Waals surface area contributed by atoms with E-state index in [0.717, 1.165) is 12.8 Å². The van der Waals surface area contributed by atoms with Crippen LogP contribution in [0.5, 0.6) is 0 Å². The first-order valence-corrected chi connectivity index (χ1v) is 6.65. The van der Waals surface area contributed by atoms with Gasteiger partial charge in [-0.3, -0.25) is 14.9 Å². The van der Waals surface area contributed by atoms with Crippen LogP contribution in [0.25, 0.3) is 0 Å². The lowest BCUT2D eigenvalue weighted by Gasteiger charge is -2.13. The van der Waals surface area contributed by atoms with Crippen LogP contribution >= 0.6 is 0 Å². The van der Waals surface area contributed by atoms with Crippen molar-refractivity contribution in [2.75, 3.05) is 0 Å². The Morgan fingerprint density at radius 2 is 2.10 bits per heavy atom. The lowest BCUT2D eigenvalue weighted by Crippen LogP contribution is -2.37. The van der Waals surface area contributed by atoms with Crippen molar-refractivity contribution in [2.45, 2.75) is 38.8 Å². The first kappa shape index (κ1) is 15.0. The summed E-state index contributed by atoms with van der Waals surface area (Å²) in [5, 5.41) is 13.5. The molecule has 2 rings (SSSR count). The van der Waals surface area contributed by atoms with E-state index in [1.807, 2.05) is 0 Å². The second-order valence-electron chi connectivity index (χ2n) is 5.09. The minimum atomic E-state index is -0.895. The van der Waals surface area contributed by atoms with Crippen molar-refractivity contribution in [1.29, 1.82) is 0 Å². The molecule has 1 aliphatic carbocycles. The summed E-state index contributed by atoms with van der Waals surface area (Å²) in [6, 6.07) is 4.14. The van der Waals surface area contributed by atoms with Crippen LogP contribution in [0, 0.1) is 17.0 Å². The SMILES string of the molecule is Cc1cc(C(=O)O[C@H](C)C(=O)NC2CC2)ccc1[N+](=O)[O-]. The van der Waals surface area contributed by atoms with E-state index in [1.54, 1.807) is 0 Å². The minimum Gasteiger partial charge on any atom is -0.449 e. The molecule has 1 N–H and O–H groups in total. The van der Waals surface area contributed by atoms with Gasteiger partial charge in [0.1, 0.15) is 0 Å². The Hall–Kier alpha value is -2.44. The van der Waals surface area contributed by atoms with Gasteiger partial charge in [-0.1, -0.05) is 0 Å². The van der Waals surface area contributed by atoms with Crippen LogP contribution in [0.15, 0.2) is 18.2 Å². The number of carbonyl (C=O) groups is 2. The number of nitro groups is 1. The topological polar surface area (TPSA) is 98.5 Å². The van der Waals surface area contributed by atoms with Crippen LogP contribution in [-0.4, -0.2) is 28.9 Å². The fourth-order valence-electron chi connectivity index (χ4n) is 1.82.